The van der Waals surface area contributed by atoms with Crippen LogP contribution in [-0.4, -0.2) is 22.7 Å². The van der Waals surface area contributed by atoms with Crippen molar-refractivity contribution in [3.05, 3.63) is 41.9 Å². The van der Waals surface area contributed by atoms with Crippen LogP contribution in [0.25, 0.3) is 0 Å². The van der Waals surface area contributed by atoms with Crippen LogP contribution in [0.1, 0.15) is 17.8 Å². The molecule has 0 amide bonds. The third-order valence-corrected chi connectivity index (χ3v) is 3.48. The van der Waals surface area contributed by atoms with E-state index in [9.17, 15) is 0 Å². The second kappa shape index (κ2) is 5.34. The first-order valence-electron chi connectivity index (χ1n) is 6.81. The molecule has 100 valence electrons. The van der Waals surface area contributed by atoms with Crippen LogP contribution < -0.4 is 10.1 Å². The smallest absolute Gasteiger partial charge is 0.126 e. The van der Waals surface area contributed by atoms with E-state index in [0.717, 1.165) is 43.3 Å². The van der Waals surface area contributed by atoms with Crippen LogP contribution in [0.4, 0.5) is 5.82 Å². The van der Waals surface area contributed by atoms with E-state index in [0.29, 0.717) is 6.61 Å². The third-order valence-electron chi connectivity index (χ3n) is 3.48. The van der Waals surface area contributed by atoms with Crippen molar-refractivity contribution in [3.8, 4) is 5.75 Å². The summed E-state index contributed by atoms with van der Waals surface area (Å²) in [6.45, 7) is 4.84. The molecule has 1 aromatic carbocycles. The normalized spacial score (nSPS) is 13.7. The number of fused-ring (bicyclic) bond motifs is 1. The van der Waals surface area contributed by atoms with Crippen molar-refractivity contribution in [1.82, 2.24) is 9.55 Å². The molecule has 1 aromatic heterocycles. The maximum Gasteiger partial charge on any atom is 0.126 e. The van der Waals surface area contributed by atoms with Gasteiger partial charge >= 0.3 is 0 Å². The number of imidazole rings is 1. The van der Waals surface area contributed by atoms with Crippen molar-refractivity contribution < 1.29 is 4.74 Å². The van der Waals surface area contributed by atoms with E-state index in [1.165, 1.54) is 5.56 Å². The number of nitrogens with zero attached hydrogens (tertiary/aromatic N) is 2. The molecule has 1 aliphatic rings. The minimum atomic E-state index is 0.668. The van der Waals surface area contributed by atoms with Crippen LogP contribution in [0.2, 0.25) is 0 Å². The Morgan fingerprint density at radius 3 is 3.16 bits per heavy atom. The molecular weight excluding hydrogens is 238 g/mol. The van der Waals surface area contributed by atoms with Gasteiger partial charge in [0.15, 0.2) is 0 Å². The number of ether oxygens (including phenoxy) is 1. The zero-order valence-corrected chi connectivity index (χ0v) is 11.2. The average Bonchev–Trinajstić information content (AvgIpc) is 2.85. The predicted octanol–water partition coefficient (Wildman–Crippen LogP) is 2.63. The van der Waals surface area contributed by atoms with Gasteiger partial charge in [0.2, 0.25) is 0 Å². The monoisotopic (exact) mass is 257 g/mol. The molecule has 0 fully saturated rings. The number of hydrogen-bond donors (Lipinski definition) is 1. The molecule has 0 bridgehead atoms. The largest absolute Gasteiger partial charge is 0.493 e. The van der Waals surface area contributed by atoms with Gasteiger partial charge in [-0.3, -0.25) is 0 Å². The Balaban J connectivity index is 1.61. The van der Waals surface area contributed by atoms with Crippen LogP contribution in [0, 0.1) is 6.92 Å². The standard InChI is InChI=1S/C15H19N3O/c1-12-5-2-3-6-13(12)19-10-7-14-17-11-15-16-8-4-9-18(14)15/h2-3,5-6,11,16H,4,7-10H2,1H3. The van der Waals surface area contributed by atoms with Gasteiger partial charge in [0, 0.05) is 19.5 Å². The number of anilines is 1. The maximum absolute atomic E-state index is 5.83. The number of rotatable bonds is 4. The van der Waals surface area contributed by atoms with Crippen LogP contribution >= 0.6 is 0 Å². The molecule has 2 aromatic rings. The molecule has 1 N–H and O–H groups in total. The highest BCUT2D eigenvalue weighted by Gasteiger charge is 2.13. The Hall–Kier alpha value is -1.97. The van der Waals surface area contributed by atoms with Gasteiger partial charge in [0.1, 0.15) is 17.4 Å². The molecule has 2 heterocycles. The summed E-state index contributed by atoms with van der Waals surface area (Å²) in [7, 11) is 0. The van der Waals surface area contributed by atoms with Crippen molar-refractivity contribution in [2.45, 2.75) is 26.3 Å². The third kappa shape index (κ3) is 2.57. The number of benzene rings is 1. The molecule has 0 saturated heterocycles. The van der Waals surface area contributed by atoms with E-state index in [1.807, 2.05) is 24.4 Å². The minimum Gasteiger partial charge on any atom is -0.493 e. The number of hydrogen-bond acceptors (Lipinski definition) is 3. The molecule has 0 saturated carbocycles. The number of aromatic nitrogens is 2. The highest BCUT2D eigenvalue weighted by molar-refractivity contribution is 5.36. The molecular formula is C15H19N3O. The van der Waals surface area contributed by atoms with Crippen molar-refractivity contribution in [2.75, 3.05) is 18.5 Å². The molecule has 1 aliphatic heterocycles. The molecule has 3 rings (SSSR count). The van der Waals surface area contributed by atoms with Gasteiger partial charge in [0.25, 0.3) is 0 Å². The molecule has 0 radical (unpaired) electrons. The zero-order chi connectivity index (χ0) is 13.1. The highest BCUT2D eigenvalue weighted by atomic mass is 16.5. The second-order valence-corrected chi connectivity index (χ2v) is 4.86. The minimum absolute atomic E-state index is 0.668. The van der Waals surface area contributed by atoms with Crippen molar-refractivity contribution in [2.24, 2.45) is 0 Å². The SMILES string of the molecule is Cc1ccccc1OCCc1ncc2n1CCCN2. The summed E-state index contributed by atoms with van der Waals surface area (Å²) >= 11 is 0. The van der Waals surface area contributed by atoms with Gasteiger partial charge in [-0.15, -0.1) is 0 Å². The van der Waals surface area contributed by atoms with Gasteiger partial charge in [-0.05, 0) is 25.0 Å². The lowest BCUT2D eigenvalue weighted by molar-refractivity contribution is 0.314. The van der Waals surface area contributed by atoms with Crippen LogP contribution in [0.5, 0.6) is 5.75 Å². The summed E-state index contributed by atoms with van der Waals surface area (Å²) in [5.41, 5.74) is 1.18. The average molecular weight is 257 g/mol. The van der Waals surface area contributed by atoms with Crippen LogP contribution in [0.3, 0.4) is 0 Å². The van der Waals surface area contributed by atoms with E-state index in [2.05, 4.69) is 27.9 Å². The Morgan fingerprint density at radius 2 is 2.26 bits per heavy atom. The van der Waals surface area contributed by atoms with E-state index in [1.54, 1.807) is 0 Å². The quantitative estimate of drug-likeness (QED) is 0.915. The van der Waals surface area contributed by atoms with Crippen LogP contribution in [-0.2, 0) is 13.0 Å². The molecule has 4 nitrogen and oxygen atoms in total. The molecule has 4 heteroatoms. The molecule has 0 spiro atoms. The topological polar surface area (TPSA) is 39.1 Å². The van der Waals surface area contributed by atoms with Crippen molar-refractivity contribution in [3.63, 3.8) is 0 Å². The van der Waals surface area contributed by atoms with E-state index < -0.39 is 0 Å². The fraction of sp³-hybridized carbons (Fsp3) is 0.400. The highest BCUT2D eigenvalue weighted by Crippen LogP contribution is 2.19. The number of nitrogens with one attached hydrogen (secondary N) is 1. The zero-order valence-electron chi connectivity index (χ0n) is 11.2. The van der Waals surface area contributed by atoms with Gasteiger partial charge in [0.05, 0.1) is 12.8 Å². The first kappa shape index (κ1) is 12.1. The fourth-order valence-electron chi connectivity index (χ4n) is 2.43. The van der Waals surface area contributed by atoms with E-state index in [4.69, 9.17) is 4.74 Å². The van der Waals surface area contributed by atoms with Gasteiger partial charge < -0.3 is 14.6 Å². The Bertz CT molecular complexity index is 562. The van der Waals surface area contributed by atoms with Crippen molar-refractivity contribution >= 4 is 5.82 Å². The number of aryl methyl sites for hydroxylation is 1. The fourth-order valence-corrected chi connectivity index (χ4v) is 2.43. The first-order valence-corrected chi connectivity index (χ1v) is 6.81. The summed E-state index contributed by atoms with van der Waals surface area (Å²) in [6.07, 6.45) is 3.92. The predicted molar refractivity (Wildman–Crippen MR) is 75.7 cm³/mol. The summed E-state index contributed by atoms with van der Waals surface area (Å²) in [5.74, 6) is 3.21. The maximum atomic E-state index is 5.83. The van der Waals surface area contributed by atoms with E-state index in [-0.39, 0.29) is 0 Å². The van der Waals surface area contributed by atoms with Crippen molar-refractivity contribution in [1.29, 1.82) is 0 Å². The summed E-state index contributed by atoms with van der Waals surface area (Å²) in [4.78, 5) is 4.47. The molecule has 0 atom stereocenters. The second-order valence-electron chi connectivity index (χ2n) is 4.86. The van der Waals surface area contributed by atoms with Gasteiger partial charge in [-0.1, -0.05) is 18.2 Å². The molecule has 0 unspecified atom stereocenters. The first-order chi connectivity index (χ1) is 9.34. The Labute approximate surface area is 113 Å². The van der Waals surface area contributed by atoms with Crippen LogP contribution in [0.15, 0.2) is 30.5 Å². The summed E-state index contributed by atoms with van der Waals surface area (Å²) in [5, 5.41) is 3.36. The lowest BCUT2D eigenvalue weighted by Gasteiger charge is -2.18. The summed E-state index contributed by atoms with van der Waals surface area (Å²) in [6, 6.07) is 8.11. The molecule has 19 heavy (non-hydrogen) atoms. The Morgan fingerprint density at radius 1 is 1.37 bits per heavy atom. The van der Waals surface area contributed by atoms with Gasteiger partial charge in [-0.25, -0.2) is 4.98 Å². The number of para-hydroxylation sites is 1. The molecule has 0 aliphatic carbocycles. The summed E-state index contributed by atoms with van der Waals surface area (Å²) < 4.78 is 8.08. The lowest BCUT2D eigenvalue weighted by Crippen LogP contribution is -2.19. The van der Waals surface area contributed by atoms with E-state index >= 15 is 0 Å². The lowest BCUT2D eigenvalue weighted by atomic mass is 10.2. The van der Waals surface area contributed by atoms with Gasteiger partial charge in [-0.2, -0.15) is 0 Å². The Kier molecular flexibility index (Phi) is 3.40.